The molecule has 0 fully saturated rings. The second-order valence-corrected chi connectivity index (χ2v) is 3.33. The standard InChI is InChI=1S/C11H11ClN2O/c1-3-8(4-2)13-11(15)9-6-5-7-10(12)14-9/h1,5-8H,4H2,2H3,(H,13,15). The molecule has 0 spiro atoms. The van der Waals surface area contributed by atoms with E-state index >= 15 is 0 Å². The summed E-state index contributed by atoms with van der Waals surface area (Å²) in [6, 6.07) is 4.60. The summed E-state index contributed by atoms with van der Waals surface area (Å²) in [4.78, 5) is 15.5. The topological polar surface area (TPSA) is 42.0 Å². The van der Waals surface area contributed by atoms with Crippen LogP contribution in [0.2, 0.25) is 5.15 Å². The van der Waals surface area contributed by atoms with Crippen LogP contribution in [0.4, 0.5) is 0 Å². The molecule has 1 aromatic heterocycles. The summed E-state index contributed by atoms with van der Waals surface area (Å²) < 4.78 is 0. The molecule has 0 aliphatic heterocycles. The van der Waals surface area contributed by atoms with Gasteiger partial charge in [-0.15, -0.1) is 6.42 Å². The highest BCUT2D eigenvalue weighted by Gasteiger charge is 2.10. The predicted molar refractivity (Wildman–Crippen MR) is 59.6 cm³/mol. The van der Waals surface area contributed by atoms with Crippen molar-refractivity contribution in [3.8, 4) is 12.3 Å². The summed E-state index contributed by atoms with van der Waals surface area (Å²) in [5, 5.41) is 2.95. The normalized spacial score (nSPS) is 11.5. The number of hydrogen-bond acceptors (Lipinski definition) is 2. The highest BCUT2D eigenvalue weighted by Crippen LogP contribution is 2.05. The third-order valence-electron chi connectivity index (χ3n) is 1.86. The fourth-order valence-electron chi connectivity index (χ4n) is 1.03. The monoisotopic (exact) mass is 222 g/mol. The molecule has 1 atom stereocenters. The number of pyridine rings is 1. The van der Waals surface area contributed by atoms with Crippen LogP contribution in [-0.2, 0) is 0 Å². The number of halogens is 1. The van der Waals surface area contributed by atoms with E-state index in [1.165, 1.54) is 0 Å². The molecule has 0 aliphatic carbocycles. The maximum absolute atomic E-state index is 11.6. The molecule has 0 radical (unpaired) electrons. The molecule has 0 aromatic carbocycles. The molecule has 3 nitrogen and oxygen atoms in total. The predicted octanol–water partition coefficient (Wildman–Crippen LogP) is 1.88. The van der Waals surface area contributed by atoms with Gasteiger partial charge in [0.15, 0.2) is 0 Å². The van der Waals surface area contributed by atoms with Gasteiger partial charge in [0.05, 0.1) is 6.04 Å². The Morgan fingerprint density at radius 1 is 1.73 bits per heavy atom. The molecule has 0 saturated heterocycles. The molecule has 78 valence electrons. The van der Waals surface area contributed by atoms with E-state index in [4.69, 9.17) is 18.0 Å². The van der Waals surface area contributed by atoms with Crippen LogP contribution in [0.15, 0.2) is 18.2 Å². The molecule has 15 heavy (non-hydrogen) atoms. The van der Waals surface area contributed by atoms with Crippen LogP contribution in [0.5, 0.6) is 0 Å². The lowest BCUT2D eigenvalue weighted by atomic mass is 10.2. The fourth-order valence-corrected chi connectivity index (χ4v) is 1.19. The first-order valence-electron chi connectivity index (χ1n) is 4.57. The molecule has 0 saturated carbocycles. The fraction of sp³-hybridized carbons (Fsp3) is 0.273. The number of nitrogens with zero attached hydrogens (tertiary/aromatic N) is 1. The zero-order valence-electron chi connectivity index (χ0n) is 8.33. The molecule has 1 heterocycles. The van der Waals surface area contributed by atoms with E-state index in [-0.39, 0.29) is 22.8 Å². The average molecular weight is 223 g/mol. The number of hydrogen-bond donors (Lipinski definition) is 1. The van der Waals surface area contributed by atoms with Gasteiger partial charge in [0.25, 0.3) is 5.91 Å². The van der Waals surface area contributed by atoms with E-state index in [2.05, 4.69) is 16.2 Å². The third kappa shape index (κ3) is 3.26. The summed E-state index contributed by atoms with van der Waals surface area (Å²) in [7, 11) is 0. The lowest BCUT2D eigenvalue weighted by molar-refractivity contribution is 0.0940. The Balaban J connectivity index is 2.74. The van der Waals surface area contributed by atoms with Gasteiger partial charge in [0, 0.05) is 0 Å². The lowest BCUT2D eigenvalue weighted by Crippen LogP contribution is -2.33. The molecule has 0 aliphatic rings. The Morgan fingerprint density at radius 2 is 2.47 bits per heavy atom. The second kappa shape index (κ2) is 5.38. The van der Waals surface area contributed by atoms with Crippen LogP contribution in [0.3, 0.4) is 0 Å². The molecule has 4 heteroatoms. The van der Waals surface area contributed by atoms with Gasteiger partial charge in [-0.25, -0.2) is 4.98 Å². The Bertz CT molecular complexity index is 398. The summed E-state index contributed by atoms with van der Waals surface area (Å²) in [5.41, 5.74) is 0.274. The lowest BCUT2D eigenvalue weighted by Gasteiger charge is -2.09. The molecular weight excluding hydrogens is 212 g/mol. The Labute approximate surface area is 93.9 Å². The van der Waals surface area contributed by atoms with Crippen LogP contribution in [0.1, 0.15) is 23.8 Å². The number of amides is 1. The van der Waals surface area contributed by atoms with Crippen LogP contribution >= 0.6 is 11.6 Å². The molecule has 1 unspecified atom stereocenters. The first-order chi connectivity index (χ1) is 7.17. The van der Waals surface area contributed by atoms with Crippen molar-refractivity contribution < 1.29 is 4.79 Å². The van der Waals surface area contributed by atoms with Crippen LogP contribution in [0.25, 0.3) is 0 Å². The van der Waals surface area contributed by atoms with Crippen molar-refractivity contribution in [2.75, 3.05) is 0 Å². The largest absolute Gasteiger partial charge is 0.337 e. The average Bonchev–Trinajstić information content (AvgIpc) is 2.25. The smallest absolute Gasteiger partial charge is 0.270 e. The maximum atomic E-state index is 11.6. The van der Waals surface area contributed by atoms with Crippen molar-refractivity contribution in [1.29, 1.82) is 0 Å². The first-order valence-corrected chi connectivity index (χ1v) is 4.94. The summed E-state index contributed by atoms with van der Waals surface area (Å²) in [5.74, 6) is 2.17. The van der Waals surface area contributed by atoms with Crippen molar-refractivity contribution in [2.24, 2.45) is 0 Å². The van der Waals surface area contributed by atoms with Crippen molar-refractivity contribution >= 4 is 17.5 Å². The van der Waals surface area contributed by atoms with Crippen LogP contribution in [0, 0.1) is 12.3 Å². The van der Waals surface area contributed by atoms with Crippen LogP contribution < -0.4 is 5.32 Å². The van der Waals surface area contributed by atoms with Gasteiger partial charge < -0.3 is 5.32 Å². The summed E-state index contributed by atoms with van der Waals surface area (Å²) in [6.07, 6.45) is 5.91. The number of carbonyl (C=O) groups is 1. The Morgan fingerprint density at radius 3 is 3.00 bits per heavy atom. The summed E-state index contributed by atoms with van der Waals surface area (Å²) >= 11 is 5.66. The first kappa shape index (κ1) is 11.5. The number of rotatable bonds is 3. The Hall–Kier alpha value is -1.53. The van der Waals surface area contributed by atoms with E-state index in [9.17, 15) is 4.79 Å². The van der Waals surface area contributed by atoms with Gasteiger partial charge in [-0.2, -0.15) is 0 Å². The van der Waals surface area contributed by atoms with E-state index in [0.717, 1.165) is 0 Å². The minimum absolute atomic E-state index is 0.265. The quantitative estimate of drug-likeness (QED) is 0.627. The minimum atomic E-state index is -0.303. The maximum Gasteiger partial charge on any atom is 0.270 e. The molecule has 1 N–H and O–H groups in total. The molecule has 0 bridgehead atoms. The zero-order chi connectivity index (χ0) is 11.3. The second-order valence-electron chi connectivity index (χ2n) is 2.95. The molecular formula is C11H11ClN2O. The van der Waals surface area contributed by atoms with Gasteiger partial charge in [-0.05, 0) is 18.6 Å². The molecule has 1 amide bonds. The van der Waals surface area contributed by atoms with Gasteiger partial charge in [0.1, 0.15) is 10.8 Å². The minimum Gasteiger partial charge on any atom is -0.337 e. The number of carbonyl (C=O) groups excluding carboxylic acids is 1. The zero-order valence-corrected chi connectivity index (χ0v) is 9.08. The Kier molecular flexibility index (Phi) is 4.14. The van der Waals surface area contributed by atoms with Crippen molar-refractivity contribution in [3.63, 3.8) is 0 Å². The van der Waals surface area contributed by atoms with Crippen molar-refractivity contribution in [1.82, 2.24) is 10.3 Å². The number of aromatic nitrogens is 1. The number of terminal acetylenes is 1. The van der Waals surface area contributed by atoms with E-state index < -0.39 is 0 Å². The van der Waals surface area contributed by atoms with Crippen molar-refractivity contribution in [2.45, 2.75) is 19.4 Å². The summed E-state index contributed by atoms with van der Waals surface area (Å²) in [6.45, 7) is 1.90. The van der Waals surface area contributed by atoms with Gasteiger partial charge >= 0.3 is 0 Å². The van der Waals surface area contributed by atoms with E-state index in [1.54, 1.807) is 18.2 Å². The van der Waals surface area contributed by atoms with Crippen molar-refractivity contribution in [3.05, 3.63) is 29.0 Å². The van der Waals surface area contributed by atoms with Gasteiger partial charge in [-0.1, -0.05) is 30.5 Å². The van der Waals surface area contributed by atoms with Crippen LogP contribution in [-0.4, -0.2) is 16.9 Å². The van der Waals surface area contributed by atoms with Gasteiger partial charge in [0.2, 0.25) is 0 Å². The van der Waals surface area contributed by atoms with E-state index in [0.29, 0.717) is 6.42 Å². The highest BCUT2D eigenvalue weighted by atomic mass is 35.5. The number of nitrogens with one attached hydrogen (secondary N) is 1. The third-order valence-corrected chi connectivity index (χ3v) is 2.07. The SMILES string of the molecule is C#CC(CC)NC(=O)c1cccc(Cl)n1. The van der Waals surface area contributed by atoms with Gasteiger partial charge in [-0.3, -0.25) is 4.79 Å². The molecule has 1 rings (SSSR count). The van der Waals surface area contributed by atoms with E-state index in [1.807, 2.05) is 6.92 Å². The highest BCUT2D eigenvalue weighted by molar-refractivity contribution is 6.29. The molecule has 1 aromatic rings.